The molecule has 2 aromatic rings. The molecule has 0 saturated heterocycles. The van der Waals surface area contributed by atoms with Crippen molar-refractivity contribution in [3.8, 4) is 5.75 Å². The zero-order chi connectivity index (χ0) is 15.7. The lowest BCUT2D eigenvalue weighted by Gasteiger charge is -2.31. The first kappa shape index (κ1) is 14.6. The number of nitrogens with one attached hydrogen (secondary N) is 2. The van der Waals surface area contributed by atoms with Crippen molar-refractivity contribution in [2.24, 2.45) is 0 Å². The molecule has 2 aromatic carbocycles. The van der Waals surface area contributed by atoms with Gasteiger partial charge in [0.1, 0.15) is 17.2 Å². The van der Waals surface area contributed by atoms with Crippen molar-refractivity contribution in [1.29, 1.82) is 0 Å². The van der Waals surface area contributed by atoms with E-state index in [1.807, 2.05) is 39.1 Å². The molecular formula is C18H19FN2O. The quantitative estimate of drug-likeness (QED) is 0.841. The van der Waals surface area contributed by atoms with Crippen molar-refractivity contribution in [3.05, 3.63) is 65.5 Å². The van der Waals surface area contributed by atoms with E-state index >= 15 is 0 Å². The summed E-state index contributed by atoms with van der Waals surface area (Å²) in [6.07, 6.45) is 2.08. The Morgan fingerprint density at radius 2 is 1.77 bits per heavy atom. The predicted molar refractivity (Wildman–Crippen MR) is 87.3 cm³/mol. The lowest BCUT2D eigenvalue weighted by Crippen LogP contribution is -2.29. The van der Waals surface area contributed by atoms with Gasteiger partial charge in [-0.05, 0) is 55.3 Å². The molecule has 4 heteroatoms. The molecule has 0 radical (unpaired) electrons. The Labute approximate surface area is 129 Å². The van der Waals surface area contributed by atoms with Crippen molar-refractivity contribution in [3.63, 3.8) is 0 Å². The number of halogens is 1. The van der Waals surface area contributed by atoms with Crippen LogP contribution in [0.4, 0.5) is 10.1 Å². The minimum Gasteiger partial charge on any atom is -0.483 e. The smallest absolute Gasteiger partial charge is 0.130 e. The molecule has 1 heterocycles. The first-order chi connectivity index (χ1) is 10.5. The van der Waals surface area contributed by atoms with Crippen molar-refractivity contribution >= 4 is 11.3 Å². The third-order valence-electron chi connectivity index (χ3n) is 3.56. The molecule has 0 aromatic heterocycles. The monoisotopic (exact) mass is 298 g/mol. The van der Waals surface area contributed by atoms with E-state index in [0.717, 1.165) is 28.1 Å². The van der Waals surface area contributed by atoms with E-state index < -0.39 is 5.60 Å². The van der Waals surface area contributed by atoms with Gasteiger partial charge in [-0.15, -0.1) is 0 Å². The minimum absolute atomic E-state index is 0.232. The minimum atomic E-state index is -0.422. The Morgan fingerprint density at radius 3 is 2.45 bits per heavy atom. The highest BCUT2D eigenvalue weighted by Gasteiger charge is 2.27. The molecule has 1 aliphatic rings. The Balaban J connectivity index is 2.10. The second-order valence-corrected chi connectivity index (χ2v) is 5.86. The first-order valence-electron chi connectivity index (χ1n) is 7.23. The first-order valence-corrected chi connectivity index (χ1v) is 7.23. The van der Waals surface area contributed by atoms with Crippen LogP contribution in [0.25, 0.3) is 5.57 Å². The average molecular weight is 298 g/mol. The van der Waals surface area contributed by atoms with Crippen LogP contribution < -0.4 is 15.6 Å². The van der Waals surface area contributed by atoms with Crippen molar-refractivity contribution < 1.29 is 9.13 Å². The molecule has 114 valence electrons. The number of hydrogen-bond acceptors (Lipinski definition) is 3. The highest BCUT2D eigenvalue weighted by molar-refractivity contribution is 5.85. The van der Waals surface area contributed by atoms with Crippen molar-refractivity contribution in [2.75, 3.05) is 12.5 Å². The fourth-order valence-electron chi connectivity index (χ4n) is 2.66. The number of ether oxygens (including phenoxy) is 1. The predicted octanol–water partition coefficient (Wildman–Crippen LogP) is 3.97. The molecule has 0 amide bonds. The van der Waals surface area contributed by atoms with Crippen LogP contribution >= 0.6 is 0 Å². The molecule has 0 aliphatic carbocycles. The number of hydrogen-bond donors (Lipinski definition) is 2. The van der Waals surface area contributed by atoms with Gasteiger partial charge in [-0.25, -0.2) is 9.82 Å². The second kappa shape index (κ2) is 5.46. The lowest BCUT2D eigenvalue weighted by atomic mass is 9.90. The Morgan fingerprint density at radius 1 is 1.05 bits per heavy atom. The molecular weight excluding hydrogens is 279 g/mol. The molecule has 0 unspecified atom stereocenters. The highest BCUT2D eigenvalue weighted by atomic mass is 19.1. The summed E-state index contributed by atoms with van der Waals surface area (Å²) in [7, 11) is 1.81. The molecule has 1 aliphatic heterocycles. The largest absolute Gasteiger partial charge is 0.483 e. The summed E-state index contributed by atoms with van der Waals surface area (Å²) in [6, 6.07) is 12.5. The van der Waals surface area contributed by atoms with Gasteiger partial charge in [0, 0.05) is 18.7 Å². The van der Waals surface area contributed by atoms with Gasteiger partial charge >= 0.3 is 0 Å². The van der Waals surface area contributed by atoms with Gasteiger partial charge < -0.3 is 10.2 Å². The van der Waals surface area contributed by atoms with Crippen LogP contribution in [-0.2, 0) is 0 Å². The number of fused-ring (bicyclic) bond motifs is 1. The van der Waals surface area contributed by atoms with Gasteiger partial charge in [0.2, 0.25) is 0 Å². The fraction of sp³-hybridized carbons (Fsp3) is 0.222. The van der Waals surface area contributed by atoms with E-state index in [9.17, 15) is 4.39 Å². The average Bonchev–Trinajstić information content (AvgIpc) is 2.46. The molecule has 0 bridgehead atoms. The molecule has 0 fully saturated rings. The molecule has 3 rings (SSSR count). The summed E-state index contributed by atoms with van der Waals surface area (Å²) < 4.78 is 19.2. The van der Waals surface area contributed by atoms with Gasteiger partial charge in [0.15, 0.2) is 0 Å². The number of hydrazine groups is 1. The summed E-state index contributed by atoms with van der Waals surface area (Å²) in [4.78, 5) is 0. The van der Waals surface area contributed by atoms with Gasteiger partial charge in [-0.3, -0.25) is 0 Å². The van der Waals surface area contributed by atoms with Crippen LogP contribution in [0.2, 0.25) is 0 Å². The standard InChI is InChI=1S/C18H19FN2O/c1-18(2)11-16(12-4-6-13(19)7-5-12)15-9-8-14(21-20-3)10-17(15)22-18/h4-11,20-21H,1-3H3. The van der Waals surface area contributed by atoms with Crippen molar-refractivity contribution in [1.82, 2.24) is 5.43 Å². The zero-order valence-corrected chi connectivity index (χ0v) is 12.9. The topological polar surface area (TPSA) is 33.3 Å². The lowest BCUT2D eigenvalue weighted by molar-refractivity contribution is 0.158. The maximum Gasteiger partial charge on any atom is 0.130 e. The molecule has 0 atom stereocenters. The number of rotatable bonds is 3. The van der Waals surface area contributed by atoms with E-state index in [2.05, 4.69) is 16.9 Å². The summed E-state index contributed by atoms with van der Waals surface area (Å²) >= 11 is 0. The number of benzene rings is 2. The maximum atomic E-state index is 13.2. The van der Waals surface area contributed by atoms with Gasteiger partial charge in [-0.1, -0.05) is 12.1 Å². The molecule has 0 spiro atoms. The maximum absolute atomic E-state index is 13.2. The fourth-order valence-corrected chi connectivity index (χ4v) is 2.66. The van der Waals surface area contributed by atoms with Gasteiger partial charge in [0.05, 0.1) is 5.69 Å². The Hall–Kier alpha value is -2.33. The normalized spacial score (nSPS) is 15.5. The molecule has 22 heavy (non-hydrogen) atoms. The highest BCUT2D eigenvalue weighted by Crippen LogP contribution is 2.40. The van der Waals surface area contributed by atoms with Crippen molar-refractivity contribution in [2.45, 2.75) is 19.4 Å². The van der Waals surface area contributed by atoms with E-state index in [-0.39, 0.29) is 5.82 Å². The molecule has 2 N–H and O–H groups in total. The van der Waals surface area contributed by atoms with Crippen LogP contribution in [0.1, 0.15) is 25.0 Å². The van der Waals surface area contributed by atoms with Crippen LogP contribution in [0.5, 0.6) is 5.75 Å². The summed E-state index contributed by atoms with van der Waals surface area (Å²) in [6.45, 7) is 4.02. The van der Waals surface area contributed by atoms with Crippen LogP contribution in [-0.4, -0.2) is 12.6 Å². The Bertz CT molecular complexity index is 720. The summed E-state index contributed by atoms with van der Waals surface area (Å²) in [5, 5.41) is 0. The zero-order valence-electron chi connectivity index (χ0n) is 12.9. The SMILES string of the molecule is CNNc1ccc2c(c1)OC(C)(C)C=C2c1ccc(F)cc1. The molecule has 3 nitrogen and oxygen atoms in total. The third kappa shape index (κ3) is 2.83. The molecule has 0 saturated carbocycles. The summed E-state index contributed by atoms with van der Waals surface area (Å²) in [5.41, 5.74) is 9.50. The van der Waals surface area contributed by atoms with E-state index in [1.54, 1.807) is 12.1 Å². The van der Waals surface area contributed by atoms with Crippen LogP contribution in [0.3, 0.4) is 0 Å². The third-order valence-corrected chi connectivity index (χ3v) is 3.56. The van der Waals surface area contributed by atoms with E-state index in [4.69, 9.17) is 4.74 Å². The second-order valence-electron chi connectivity index (χ2n) is 5.86. The van der Waals surface area contributed by atoms with Gasteiger partial charge in [0.25, 0.3) is 0 Å². The van der Waals surface area contributed by atoms with Crippen LogP contribution in [0.15, 0.2) is 48.5 Å². The number of anilines is 1. The van der Waals surface area contributed by atoms with E-state index in [1.165, 1.54) is 12.1 Å². The van der Waals surface area contributed by atoms with Crippen LogP contribution in [0, 0.1) is 5.82 Å². The Kier molecular flexibility index (Phi) is 3.62. The van der Waals surface area contributed by atoms with E-state index in [0.29, 0.717) is 0 Å². The summed E-state index contributed by atoms with van der Waals surface area (Å²) in [5.74, 6) is 0.580. The van der Waals surface area contributed by atoms with Gasteiger partial charge in [-0.2, -0.15) is 0 Å².